The van der Waals surface area contributed by atoms with Crippen LogP contribution in [0, 0.1) is 10.3 Å². The Kier molecular flexibility index (Phi) is 6.55. The zero-order valence-corrected chi connectivity index (χ0v) is 10.0. The van der Waals surface area contributed by atoms with Gasteiger partial charge in [-0.15, -0.1) is 4.91 Å². The summed E-state index contributed by atoms with van der Waals surface area (Å²) in [6.07, 6.45) is 3.07. The molecule has 0 amide bonds. The molecule has 7 heteroatoms. The lowest BCUT2D eigenvalue weighted by molar-refractivity contribution is -0.0211. The summed E-state index contributed by atoms with van der Waals surface area (Å²) in [5.74, 6) is -0.308. The summed E-state index contributed by atoms with van der Waals surface area (Å²) in [6.45, 7) is 5.89. The van der Waals surface area contributed by atoms with Gasteiger partial charge in [0.05, 0.1) is 18.8 Å². The molecule has 1 aliphatic rings. The lowest BCUT2D eigenvalue weighted by atomic mass is 10.1. The minimum atomic E-state index is -0.312. The number of epoxide rings is 1. The van der Waals surface area contributed by atoms with Crippen LogP contribution in [0.3, 0.4) is 0 Å². The van der Waals surface area contributed by atoms with E-state index >= 15 is 0 Å². The summed E-state index contributed by atoms with van der Waals surface area (Å²) in [7, 11) is 0. The largest absolute Gasteiger partial charge is 0.412 e. The van der Waals surface area contributed by atoms with Crippen molar-refractivity contribution in [2.24, 2.45) is 5.18 Å². The Morgan fingerprint density at radius 3 is 2.88 bits per heavy atom. The average molecular weight is 245 g/mol. The molecule has 0 saturated carbocycles. The SMILES string of the molecule is CC(C)(CN/C=C\C(=N)N=O)OC[C@H]1CO1.O. The van der Waals surface area contributed by atoms with Crippen molar-refractivity contribution in [2.75, 3.05) is 19.8 Å². The summed E-state index contributed by atoms with van der Waals surface area (Å²) in [5, 5.41) is 12.4. The first-order valence-electron chi connectivity index (χ1n) is 5.11. The summed E-state index contributed by atoms with van der Waals surface area (Å²) in [4.78, 5) is 9.89. The van der Waals surface area contributed by atoms with Crippen molar-refractivity contribution in [3.63, 3.8) is 0 Å². The van der Waals surface area contributed by atoms with Gasteiger partial charge >= 0.3 is 0 Å². The summed E-state index contributed by atoms with van der Waals surface area (Å²) >= 11 is 0. The zero-order chi connectivity index (χ0) is 12.0. The molecule has 0 spiro atoms. The van der Waals surface area contributed by atoms with E-state index in [1.165, 1.54) is 12.3 Å². The van der Waals surface area contributed by atoms with Gasteiger partial charge in [0.15, 0.2) is 5.84 Å². The van der Waals surface area contributed by atoms with Crippen LogP contribution < -0.4 is 5.32 Å². The summed E-state index contributed by atoms with van der Waals surface area (Å²) in [6, 6.07) is 0. The van der Waals surface area contributed by atoms with Gasteiger partial charge in [-0.05, 0) is 19.0 Å². The predicted molar refractivity (Wildman–Crippen MR) is 64.0 cm³/mol. The molecule has 0 bridgehead atoms. The van der Waals surface area contributed by atoms with Crippen LogP contribution in [0.15, 0.2) is 17.5 Å². The number of rotatable bonds is 7. The van der Waals surface area contributed by atoms with Gasteiger partial charge < -0.3 is 20.3 Å². The molecule has 0 unspecified atom stereocenters. The Morgan fingerprint density at radius 2 is 2.35 bits per heavy atom. The second-order valence-corrected chi connectivity index (χ2v) is 4.22. The number of nitrogens with one attached hydrogen (secondary N) is 2. The number of nitroso groups, excluding NO2 is 1. The molecule has 1 fully saturated rings. The van der Waals surface area contributed by atoms with Crippen molar-refractivity contribution in [1.82, 2.24) is 5.32 Å². The third-order valence-corrected chi connectivity index (χ3v) is 2.05. The summed E-state index contributed by atoms with van der Waals surface area (Å²) in [5.41, 5.74) is -0.312. The molecule has 1 heterocycles. The lowest BCUT2D eigenvalue weighted by Gasteiger charge is -2.24. The minimum Gasteiger partial charge on any atom is -0.412 e. The van der Waals surface area contributed by atoms with Crippen LogP contribution in [0.25, 0.3) is 0 Å². The van der Waals surface area contributed by atoms with Crippen LogP contribution in [0.5, 0.6) is 0 Å². The standard InChI is InChI=1S/C10H17N3O3.H2O/c1-10(2,16-6-8-5-15-8)7-12-4-3-9(11)13-14;/h3-4,8,11-12H,5-7H2,1-2H3;1H2/b4-3-,11-9?;/t8-;/m1./s1. The molecule has 7 nitrogen and oxygen atoms in total. The smallest absolute Gasteiger partial charge is 0.190 e. The molecule has 0 aliphatic carbocycles. The molecule has 0 aromatic rings. The Labute approximate surface area is 100.0 Å². The minimum absolute atomic E-state index is 0. The second kappa shape index (κ2) is 7.10. The molecule has 98 valence electrons. The van der Waals surface area contributed by atoms with Gasteiger partial charge in [0.1, 0.15) is 6.10 Å². The third kappa shape index (κ3) is 7.56. The van der Waals surface area contributed by atoms with Crippen LogP contribution in [-0.2, 0) is 9.47 Å². The van der Waals surface area contributed by atoms with Crippen molar-refractivity contribution in [1.29, 1.82) is 5.41 Å². The number of hydrogen-bond donors (Lipinski definition) is 2. The normalized spacial score (nSPS) is 18.6. The number of ether oxygens (including phenoxy) is 2. The summed E-state index contributed by atoms with van der Waals surface area (Å²) < 4.78 is 10.7. The van der Waals surface area contributed by atoms with E-state index in [1.807, 2.05) is 13.8 Å². The van der Waals surface area contributed by atoms with E-state index in [0.29, 0.717) is 13.2 Å². The highest BCUT2D eigenvalue weighted by atomic mass is 16.6. The first-order valence-corrected chi connectivity index (χ1v) is 5.11. The van der Waals surface area contributed by atoms with E-state index < -0.39 is 0 Å². The first kappa shape index (κ1) is 15.7. The molecule has 0 radical (unpaired) electrons. The molecular formula is C10H19N3O4. The van der Waals surface area contributed by atoms with Crippen molar-refractivity contribution in [2.45, 2.75) is 25.6 Å². The fraction of sp³-hybridized carbons (Fsp3) is 0.700. The number of amidine groups is 1. The van der Waals surface area contributed by atoms with Gasteiger partial charge in [0.25, 0.3) is 0 Å². The molecule has 1 rings (SSSR count). The second-order valence-electron chi connectivity index (χ2n) is 4.22. The Hall–Kier alpha value is -1.31. The van der Waals surface area contributed by atoms with E-state index in [2.05, 4.69) is 10.5 Å². The number of nitrogens with zero attached hydrogens (tertiary/aromatic N) is 1. The molecule has 0 aromatic carbocycles. The Morgan fingerprint density at radius 1 is 1.71 bits per heavy atom. The maximum absolute atomic E-state index is 9.89. The first-order chi connectivity index (χ1) is 7.53. The predicted octanol–water partition coefficient (Wildman–Crippen LogP) is 0.203. The third-order valence-electron chi connectivity index (χ3n) is 2.05. The van der Waals surface area contributed by atoms with Gasteiger partial charge in [-0.2, -0.15) is 0 Å². The average Bonchev–Trinajstić information content (AvgIpc) is 3.05. The van der Waals surface area contributed by atoms with Gasteiger partial charge in [-0.3, -0.25) is 5.41 Å². The fourth-order valence-electron chi connectivity index (χ4n) is 1.01. The van der Waals surface area contributed by atoms with Crippen molar-refractivity contribution < 1.29 is 14.9 Å². The monoisotopic (exact) mass is 245 g/mol. The van der Waals surface area contributed by atoms with E-state index in [4.69, 9.17) is 14.9 Å². The van der Waals surface area contributed by atoms with Crippen LogP contribution in [-0.4, -0.2) is 42.8 Å². The zero-order valence-electron chi connectivity index (χ0n) is 10.0. The van der Waals surface area contributed by atoms with E-state index in [9.17, 15) is 4.91 Å². The fourth-order valence-corrected chi connectivity index (χ4v) is 1.01. The Balaban J connectivity index is 0.00000256. The quantitative estimate of drug-likeness (QED) is 0.288. The highest BCUT2D eigenvalue weighted by Crippen LogP contribution is 2.14. The van der Waals surface area contributed by atoms with Crippen molar-refractivity contribution >= 4 is 5.84 Å². The van der Waals surface area contributed by atoms with Gasteiger partial charge in [-0.1, -0.05) is 0 Å². The van der Waals surface area contributed by atoms with Crippen LogP contribution in [0.1, 0.15) is 13.8 Å². The van der Waals surface area contributed by atoms with E-state index in [-0.39, 0.29) is 23.0 Å². The molecule has 1 saturated heterocycles. The van der Waals surface area contributed by atoms with Crippen molar-refractivity contribution in [3.05, 3.63) is 17.2 Å². The van der Waals surface area contributed by atoms with Gasteiger partial charge in [0.2, 0.25) is 0 Å². The molecule has 1 aliphatic heterocycles. The highest BCUT2D eigenvalue weighted by molar-refractivity contribution is 5.90. The van der Waals surface area contributed by atoms with Crippen LogP contribution in [0.4, 0.5) is 0 Å². The topological polar surface area (TPSA) is 119 Å². The maximum atomic E-state index is 9.89. The molecular weight excluding hydrogens is 226 g/mol. The van der Waals surface area contributed by atoms with E-state index in [0.717, 1.165) is 6.61 Å². The van der Waals surface area contributed by atoms with Gasteiger partial charge in [0, 0.05) is 18.8 Å². The molecule has 17 heavy (non-hydrogen) atoms. The molecule has 0 aromatic heterocycles. The maximum Gasteiger partial charge on any atom is 0.190 e. The van der Waals surface area contributed by atoms with Crippen LogP contribution in [0.2, 0.25) is 0 Å². The van der Waals surface area contributed by atoms with E-state index in [1.54, 1.807) is 0 Å². The van der Waals surface area contributed by atoms with Gasteiger partial charge in [-0.25, -0.2) is 0 Å². The lowest BCUT2D eigenvalue weighted by Crippen LogP contribution is -2.36. The Bertz CT molecular complexity index is 287. The van der Waals surface area contributed by atoms with Crippen LogP contribution >= 0.6 is 0 Å². The molecule has 1 atom stereocenters. The molecule has 4 N–H and O–H groups in total. The van der Waals surface area contributed by atoms with Crippen molar-refractivity contribution in [3.8, 4) is 0 Å². The number of hydrogen-bond acceptors (Lipinski definition) is 5. The highest BCUT2D eigenvalue weighted by Gasteiger charge is 2.26.